The Bertz CT molecular complexity index is 498. The van der Waals surface area contributed by atoms with Gasteiger partial charge in [0, 0.05) is 24.2 Å². The molecule has 1 aromatic carbocycles. The maximum absolute atomic E-state index is 11.0. The summed E-state index contributed by atoms with van der Waals surface area (Å²) >= 11 is 0. The van der Waals surface area contributed by atoms with E-state index in [4.69, 9.17) is 0 Å². The highest BCUT2D eigenvalue weighted by Gasteiger charge is 2.22. The van der Waals surface area contributed by atoms with Gasteiger partial charge in [-0.1, -0.05) is 26.0 Å². The molecule has 0 amide bonds. The van der Waals surface area contributed by atoms with E-state index in [2.05, 4.69) is 19.2 Å². The molecular formula is C16H26N2O3. The van der Waals surface area contributed by atoms with Gasteiger partial charge in [0.05, 0.1) is 11.0 Å². The van der Waals surface area contributed by atoms with Crippen molar-refractivity contribution in [1.82, 2.24) is 5.32 Å². The second-order valence-corrected chi connectivity index (χ2v) is 6.57. The lowest BCUT2D eigenvalue weighted by Crippen LogP contribution is -2.33. The first-order valence-electron chi connectivity index (χ1n) is 7.29. The monoisotopic (exact) mass is 294 g/mol. The summed E-state index contributed by atoms with van der Waals surface area (Å²) in [6, 6.07) is 5.20. The maximum atomic E-state index is 11.0. The van der Waals surface area contributed by atoms with Crippen LogP contribution >= 0.6 is 0 Å². The highest BCUT2D eigenvalue weighted by atomic mass is 16.6. The molecule has 0 spiro atoms. The number of nitro benzene ring substituents is 1. The minimum Gasteiger partial charge on any atom is -0.393 e. The number of aliphatic hydroxyl groups is 1. The molecule has 0 saturated heterocycles. The fourth-order valence-electron chi connectivity index (χ4n) is 2.72. The molecule has 0 aliphatic rings. The predicted octanol–water partition coefficient (Wildman–Crippen LogP) is 3.35. The SMILES string of the molecule is Cc1c(C(C)NCC(C)(C)CC(C)O)cccc1[N+](=O)[O-]. The van der Waals surface area contributed by atoms with Gasteiger partial charge in [-0.25, -0.2) is 0 Å². The van der Waals surface area contributed by atoms with Crippen molar-refractivity contribution in [2.75, 3.05) is 6.54 Å². The summed E-state index contributed by atoms with van der Waals surface area (Å²) in [6.45, 7) is 10.5. The fraction of sp³-hybridized carbons (Fsp3) is 0.625. The van der Waals surface area contributed by atoms with Crippen LogP contribution in [0.2, 0.25) is 0 Å². The second-order valence-electron chi connectivity index (χ2n) is 6.57. The molecule has 118 valence electrons. The van der Waals surface area contributed by atoms with Crippen LogP contribution in [0.4, 0.5) is 5.69 Å². The summed E-state index contributed by atoms with van der Waals surface area (Å²) < 4.78 is 0. The van der Waals surface area contributed by atoms with Crippen LogP contribution in [-0.4, -0.2) is 22.7 Å². The Balaban J connectivity index is 2.79. The first kappa shape index (κ1) is 17.6. The van der Waals surface area contributed by atoms with E-state index in [1.165, 1.54) is 6.07 Å². The van der Waals surface area contributed by atoms with Crippen LogP contribution in [0.15, 0.2) is 18.2 Å². The molecule has 0 aromatic heterocycles. The van der Waals surface area contributed by atoms with Crippen molar-refractivity contribution < 1.29 is 10.0 Å². The molecule has 5 nitrogen and oxygen atoms in total. The molecule has 2 atom stereocenters. The second kappa shape index (κ2) is 7.00. The van der Waals surface area contributed by atoms with Gasteiger partial charge in [0.15, 0.2) is 0 Å². The first-order chi connectivity index (χ1) is 9.64. The Morgan fingerprint density at radius 1 is 1.38 bits per heavy atom. The largest absolute Gasteiger partial charge is 0.393 e. The van der Waals surface area contributed by atoms with Gasteiger partial charge in [-0.2, -0.15) is 0 Å². The van der Waals surface area contributed by atoms with Gasteiger partial charge >= 0.3 is 0 Å². The Kier molecular flexibility index (Phi) is 5.87. The molecule has 2 N–H and O–H groups in total. The third-order valence-corrected chi connectivity index (χ3v) is 3.75. The Hall–Kier alpha value is -1.46. The first-order valence-corrected chi connectivity index (χ1v) is 7.29. The molecular weight excluding hydrogens is 268 g/mol. The van der Waals surface area contributed by atoms with E-state index in [-0.39, 0.29) is 28.2 Å². The smallest absolute Gasteiger partial charge is 0.272 e. The van der Waals surface area contributed by atoms with Crippen molar-refractivity contribution in [3.05, 3.63) is 39.4 Å². The van der Waals surface area contributed by atoms with Crippen LogP contribution in [0, 0.1) is 22.5 Å². The summed E-state index contributed by atoms with van der Waals surface area (Å²) in [7, 11) is 0. The molecule has 21 heavy (non-hydrogen) atoms. The van der Waals surface area contributed by atoms with Gasteiger partial charge in [0.1, 0.15) is 0 Å². The van der Waals surface area contributed by atoms with Crippen molar-refractivity contribution in [1.29, 1.82) is 0 Å². The van der Waals surface area contributed by atoms with Gasteiger partial charge in [0.25, 0.3) is 5.69 Å². The number of aliphatic hydroxyl groups excluding tert-OH is 1. The molecule has 2 unspecified atom stereocenters. The predicted molar refractivity (Wildman–Crippen MR) is 84.3 cm³/mol. The van der Waals surface area contributed by atoms with E-state index in [9.17, 15) is 15.2 Å². The van der Waals surface area contributed by atoms with Crippen LogP contribution in [0.1, 0.15) is 51.3 Å². The number of benzene rings is 1. The summed E-state index contributed by atoms with van der Waals surface area (Å²) in [4.78, 5) is 10.6. The van der Waals surface area contributed by atoms with Gasteiger partial charge in [-0.3, -0.25) is 10.1 Å². The molecule has 1 aromatic rings. The van der Waals surface area contributed by atoms with E-state index < -0.39 is 0 Å². The highest BCUT2D eigenvalue weighted by Crippen LogP contribution is 2.27. The van der Waals surface area contributed by atoms with Crippen molar-refractivity contribution >= 4 is 5.69 Å². The van der Waals surface area contributed by atoms with Crippen molar-refractivity contribution in [3.63, 3.8) is 0 Å². The molecule has 0 aliphatic heterocycles. The molecule has 1 rings (SSSR count). The minimum absolute atomic E-state index is 0.0261. The van der Waals surface area contributed by atoms with Gasteiger partial charge in [0.2, 0.25) is 0 Å². The molecule has 0 radical (unpaired) electrons. The lowest BCUT2D eigenvalue weighted by Gasteiger charge is -2.29. The quantitative estimate of drug-likeness (QED) is 0.597. The Morgan fingerprint density at radius 2 is 2.00 bits per heavy atom. The maximum Gasteiger partial charge on any atom is 0.272 e. The van der Waals surface area contributed by atoms with Gasteiger partial charge in [-0.15, -0.1) is 0 Å². The summed E-state index contributed by atoms with van der Waals surface area (Å²) in [6.07, 6.45) is 0.373. The molecule has 0 heterocycles. The zero-order valence-corrected chi connectivity index (χ0v) is 13.5. The average Bonchev–Trinajstić information content (AvgIpc) is 2.34. The number of hydrogen-bond acceptors (Lipinski definition) is 4. The fourth-order valence-corrected chi connectivity index (χ4v) is 2.72. The number of hydrogen-bond donors (Lipinski definition) is 2. The van der Waals surface area contributed by atoms with Crippen LogP contribution in [0.5, 0.6) is 0 Å². The van der Waals surface area contributed by atoms with Crippen LogP contribution in [0.3, 0.4) is 0 Å². The number of nitrogens with zero attached hydrogens (tertiary/aromatic N) is 1. The van der Waals surface area contributed by atoms with Crippen LogP contribution in [-0.2, 0) is 0 Å². The number of rotatable bonds is 7. The molecule has 0 fully saturated rings. The Morgan fingerprint density at radius 3 is 2.52 bits per heavy atom. The van der Waals surface area contributed by atoms with Gasteiger partial charge in [-0.05, 0) is 38.2 Å². The topological polar surface area (TPSA) is 75.4 Å². The minimum atomic E-state index is -0.344. The summed E-state index contributed by atoms with van der Waals surface area (Å²) in [5, 5.41) is 23.9. The lowest BCUT2D eigenvalue weighted by atomic mass is 9.86. The van der Waals surface area contributed by atoms with E-state index in [1.54, 1.807) is 19.9 Å². The average molecular weight is 294 g/mol. The molecule has 0 bridgehead atoms. The standard InChI is InChI=1S/C16H26N2O3/c1-11(19)9-16(4,5)10-17-13(3)14-7-6-8-15(12(14)2)18(20)21/h6-8,11,13,17,19H,9-10H2,1-5H3. The zero-order chi connectivity index (χ0) is 16.2. The summed E-state index contributed by atoms with van der Waals surface area (Å²) in [5.74, 6) is 0. The van der Waals surface area contributed by atoms with E-state index in [0.29, 0.717) is 12.0 Å². The normalized spacial score (nSPS) is 14.8. The van der Waals surface area contributed by atoms with E-state index >= 15 is 0 Å². The molecule has 5 heteroatoms. The third kappa shape index (κ3) is 5.10. The van der Waals surface area contributed by atoms with Crippen molar-refractivity contribution in [3.8, 4) is 0 Å². The van der Waals surface area contributed by atoms with E-state index in [0.717, 1.165) is 12.1 Å². The number of nitrogens with one attached hydrogen (secondary N) is 1. The van der Waals surface area contributed by atoms with Crippen LogP contribution in [0.25, 0.3) is 0 Å². The van der Waals surface area contributed by atoms with Crippen molar-refractivity contribution in [2.45, 2.75) is 53.2 Å². The molecule has 0 aliphatic carbocycles. The van der Waals surface area contributed by atoms with E-state index in [1.807, 2.05) is 13.0 Å². The van der Waals surface area contributed by atoms with Gasteiger partial charge < -0.3 is 10.4 Å². The van der Waals surface area contributed by atoms with Crippen molar-refractivity contribution in [2.24, 2.45) is 5.41 Å². The summed E-state index contributed by atoms with van der Waals surface area (Å²) in [5.41, 5.74) is 1.77. The molecule has 0 saturated carbocycles. The Labute approximate surface area is 126 Å². The lowest BCUT2D eigenvalue weighted by molar-refractivity contribution is -0.385. The number of nitro groups is 1. The van der Waals surface area contributed by atoms with Crippen LogP contribution < -0.4 is 5.32 Å². The highest BCUT2D eigenvalue weighted by molar-refractivity contribution is 5.45. The zero-order valence-electron chi connectivity index (χ0n) is 13.5. The third-order valence-electron chi connectivity index (χ3n) is 3.75.